The van der Waals surface area contributed by atoms with Crippen molar-refractivity contribution in [3.05, 3.63) is 29.8 Å². The third kappa shape index (κ3) is 4.49. The number of nitrogens with one attached hydrogen (secondary N) is 2. The molecule has 0 aromatic heterocycles. The van der Waals surface area contributed by atoms with E-state index in [0.717, 1.165) is 31.4 Å². The Hall–Kier alpha value is -2.02. The second kappa shape index (κ2) is 7.31. The van der Waals surface area contributed by atoms with Crippen molar-refractivity contribution in [2.75, 3.05) is 11.9 Å². The maximum Gasteiger partial charge on any atom is 0.313 e. The largest absolute Gasteiger partial charge is 0.393 e. The van der Waals surface area contributed by atoms with Crippen LogP contribution in [0.2, 0.25) is 0 Å². The van der Waals surface area contributed by atoms with Crippen LogP contribution in [0.3, 0.4) is 0 Å². The van der Waals surface area contributed by atoms with E-state index in [4.69, 9.17) is 0 Å². The van der Waals surface area contributed by atoms with E-state index in [1.54, 1.807) is 0 Å². The van der Waals surface area contributed by atoms with Crippen molar-refractivity contribution in [2.45, 2.75) is 31.8 Å². The number of hydrogen-bond donors (Lipinski definition) is 3. The van der Waals surface area contributed by atoms with Crippen LogP contribution < -0.4 is 10.6 Å². The molecule has 0 heterocycles. The SMILES string of the molecule is O=C(NC[C@@H]1CCCC[C@@H]1O)C(=O)Nc1cc(F)cc(F)c1. The average molecular weight is 312 g/mol. The third-order valence-corrected chi connectivity index (χ3v) is 3.72. The molecule has 0 saturated heterocycles. The van der Waals surface area contributed by atoms with Gasteiger partial charge in [-0.2, -0.15) is 0 Å². The minimum Gasteiger partial charge on any atom is -0.393 e. The van der Waals surface area contributed by atoms with Gasteiger partial charge in [0, 0.05) is 24.2 Å². The molecule has 1 aromatic carbocycles. The Bertz CT molecular complexity index is 545. The van der Waals surface area contributed by atoms with Crippen molar-refractivity contribution in [3.8, 4) is 0 Å². The van der Waals surface area contributed by atoms with Gasteiger partial charge in [-0.25, -0.2) is 8.78 Å². The Morgan fingerprint density at radius 2 is 1.73 bits per heavy atom. The smallest absolute Gasteiger partial charge is 0.313 e. The van der Waals surface area contributed by atoms with E-state index >= 15 is 0 Å². The van der Waals surface area contributed by atoms with Gasteiger partial charge >= 0.3 is 11.8 Å². The Morgan fingerprint density at radius 1 is 1.09 bits per heavy atom. The summed E-state index contributed by atoms with van der Waals surface area (Å²) in [5, 5.41) is 14.3. The van der Waals surface area contributed by atoms with E-state index in [1.807, 2.05) is 0 Å². The number of carbonyl (C=O) groups is 2. The molecule has 7 heteroatoms. The summed E-state index contributed by atoms with van der Waals surface area (Å²) in [4.78, 5) is 23.3. The molecular formula is C15H18F2N2O3. The van der Waals surface area contributed by atoms with Crippen molar-refractivity contribution in [2.24, 2.45) is 5.92 Å². The first kappa shape index (κ1) is 16.4. The Balaban J connectivity index is 1.85. The first-order chi connectivity index (χ1) is 10.5. The van der Waals surface area contributed by atoms with E-state index in [9.17, 15) is 23.5 Å². The maximum atomic E-state index is 13.0. The molecule has 0 radical (unpaired) electrons. The van der Waals surface area contributed by atoms with Crippen molar-refractivity contribution in [1.29, 1.82) is 0 Å². The van der Waals surface area contributed by atoms with Crippen molar-refractivity contribution >= 4 is 17.5 Å². The Kier molecular flexibility index (Phi) is 5.43. The number of rotatable bonds is 3. The molecule has 0 spiro atoms. The number of halogens is 2. The lowest BCUT2D eigenvalue weighted by molar-refractivity contribution is -0.136. The van der Waals surface area contributed by atoms with Gasteiger partial charge in [0.15, 0.2) is 0 Å². The fraction of sp³-hybridized carbons (Fsp3) is 0.467. The predicted molar refractivity (Wildman–Crippen MR) is 76.0 cm³/mol. The lowest BCUT2D eigenvalue weighted by atomic mass is 9.86. The van der Waals surface area contributed by atoms with Gasteiger partial charge in [0.25, 0.3) is 0 Å². The van der Waals surface area contributed by atoms with Gasteiger partial charge in [0.05, 0.1) is 6.10 Å². The molecule has 2 rings (SSSR count). The third-order valence-electron chi connectivity index (χ3n) is 3.72. The van der Waals surface area contributed by atoms with E-state index < -0.39 is 29.6 Å². The van der Waals surface area contributed by atoms with E-state index in [1.165, 1.54) is 0 Å². The highest BCUT2D eigenvalue weighted by Gasteiger charge is 2.24. The Morgan fingerprint density at radius 3 is 2.36 bits per heavy atom. The average Bonchev–Trinajstić information content (AvgIpc) is 2.45. The number of amides is 2. The van der Waals surface area contributed by atoms with E-state index in [0.29, 0.717) is 12.5 Å². The topological polar surface area (TPSA) is 78.4 Å². The minimum absolute atomic E-state index is 0.0721. The maximum absolute atomic E-state index is 13.0. The molecule has 1 saturated carbocycles. The van der Waals surface area contributed by atoms with Crippen LogP contribution in [-0.4, -0.2) is 29.6 Å². The molecule has 3 N–H and O–H groups in total. The van der Waals surface area contributed by atoms with Crippen LogP contribution in [-0.2, 0) is 9.59 Å². The zero-order chi connectivity index (χ0) is 16.1. The second-order valence-electron chi connectivity index (χ2n) is 5.43. The van der Waals surface area contributed by atoms with Crippen molar-refractivity contribution < 1.29 is 23.5 Å². The molecule has 1 aliphatic carbocycles. The first-order valence-corrected chi connectivity index (χ1v) is 7.19. The summed E-state index contributed by atoms with van der Waals surface area (Å²) in [6.07, 6.45) is 2.94. The zero-order valence-corrected chi connectivity index (χ0v) is 11.9. The fourth-order valence-corrected chi connectivity index (χ4v) is 2.54. The zero-order valence-electron chi connectivity index (χ0n) is 11.9. The quantitative estimate of drug-likeness (QED) is 0.741. The molecular weight excluding hydrogens is 294 g/mol. The molecule has 0 bridgehead atoms. The molecule has 22 heavy (non-hydrogen) atoms. The summed E-state index contributed by atoms with van der Waals surface area (Å²) >= 11 is 0. The number of aliphatic hydroxyl groups excluding tert-OH is 1. The van der Waals surface area contributed by atoms with Crippen LogP contribution >= 0.6 is 0 Å². The molecule has 1 aliphatic rings. The summed E-state index contributed by atoms with van der Waals surface area (Å²) in [5.41, 5.74) is -0.129. The van der Waals surface area contributed by atoms with Crippen LogP contribution in [0.4, 0.5) is 14.5 Å². The van der Waals surface area contributed by atoms with Crippen molar-refractivity contribution in [3.63, 3.8) is 0 Å². The summed E-state index contributed by atoms with van der Waals surface area (Å²) in [5.74, 6) is -3.67. The van der Waals surface area contributed by atoms with Crippen LogP contribution in [0.1, 0.15) is 25.7 Å². The van der Waals surface area contributed by atoms with Gasteiger partial charge in [0.1, 0.15) is 11.6 Å². The molecule has 2 atom stereocenters. The lowest BCUT2D eigenvalue weighted by Gasteiger charge is -2.27. The molecule has 5 nitrogen and oxygen atoms in total. The predicted octanol–water partition coefficient (Wildman–Crippen LogP) is 1.57. The highest BCUT2D eigenvalue weighted by Crippen LogP contribution is 2.23. The Labute approximate surface area is 126 Å². The van der Waals surface area contributed by atoms with Crippen LogP contribution in [0.15, 0.2) is 18.2 Å². The normalized spacial score (nSPS) is 21.2. The fourth-order valence-electron chi connectivity index (χ4n) is 2.54. The number of anilines is 1. The standard InChI is InChI=1S/C15H18F2N2O3/c16-10-5-11(17)7-12(6-10)19-15(22)14(21)18-8-9-3-1-2-4-13(9)20/h5-7,9,13,20H,1-4,8H2,(H,18,21)(H,19,22)/t9-,13-/m0/s1. The summed E-state index contributed by atoms with van der Waals surface area (Å²) in [6.45, 7) is 0.199. The van der Waals surface area contributed by atoms with Gasteiger partial charge in [-0.15, -0.1) is 0 Å². The van der Waals surface area contributed by atoms with Crippen LogP contribution in [0.25, 0.3) is 0 Å². The van der Waals surface area contributed by atoms with E-state index in [2.05, 4.69) is 10.6 Å². The van der Waals surface area contributed by atoms with E-state index in [-0.39, 0.29) is 18.2 Å². The highest BCUT2D eigenvalue weighted by molar-refractivity contribution is 6.39. The van der Waals surface area contributed by atoms with Gasteiger partial charge in [-0.05, 0) is 25.0 Å². The molecule has 2 amide bonds. The summed E-state index contributed by atoms with van der Waals surface area (Å²) < 4.78 is 26.0. The van der Waals surface area contributed by atoms with Gasteiger partial charge in [-0.1, -0.05) is 12.8 Å². The minimum atomic E-state index is -1.00. The van der Waals surface area contributed by atoms with Gasteiger partial charge < -0.3 is 15.7 Å². The summed E-state index contributed by atoms with van der Waals surface area (Å²) in [6, 6.07) is 2.50. The van der Waals surface area contributed by atoms with Gasteiger partial charge in [0.2, 0.25) is 0 Å². The number of carbonyl (C=O) groups excluding carboxylic acids is 2. The second-order valence-corrected chi connectivity index (χ2v) is 5.43. The molecule has 120 valence electrons. The highest BCUT2D eigenvalue weighted by atomic mass is 19.1. The first-order valence-electron chi connectivity index (χ1n) is 7.19. The molecule has 1 aromatic rings. The van der Waals surface area contributed by atoms with Crippen molar-refractivity contribution in [1.82, 2.24) is 5.32 Å². The van der Waals surface area contributed by atoms with Gasteiger partial charge in [-0.3, -0.25) is 9.59 Å². The molecule has 1 fully saturated rings. The monoisotopic (exact) mass is 312 g/mol. The lowest BCUT2D eigenvalue weighted by Crippen LogP contribution is -2.41. The van der Waals surface area contributed by atoms with Crippen LogP contribution in [0.5, 0.6) is 0 Å². The number of hydrogen-bond acceptors (Lipinski definition) is 3. The number of benzene rings is 1. The number of aliphatic hydroxyl groups is 1. The molecule has 0 unspecified atom stereocenters. The summed E-state index contributed by atoms with van der Waals surface area (Å²) in [7, 11) is 0. The van der Waals surface area contributed by atoms with Crippen LogP contribution in [0, 0.1) is 17.6 Å². The molecule has 0 aliphatic heterocycles.